The second-order valence-corrected chi connectivity index (χ2v) is 4.80. The molecule has 0 spiro atoms. The van der Waals surface area contributed by atoms with Crippen molar-refractivity contribution < 1.29 is 14.6 Å². The Morgan fingerprint density at radius 3 is 2.50 bits per heavy atom. The van der Waals surface area contributed by atoms with Crippen LogP contribution < -0.4 is 9.47 Å². The van der Waals surface area contributed by atoms with Gasteiger partial charge in [0.15, 0.2) is 0 Å². The molecule has 2 aromatic rings. The van der Waals surface area contributed by atoms with Crippen molar-refractivity contribution in [1.82, 2.24) is 0 Å². The number of para-hydroxylation sites is 1. The lowest BCUT2D eigenvalue weighted by atomic mass is 10.1. The third-order valence-electron chi connectivity index (χ3n) is 3.26. The first-order valence-corrected chi connectivity index (χ1v) is 6.65. The molecule has 106 valence electrons. The van der Waals surface area contributed by atoms with Crippen LogP contribution in [0.2, 0.25) is 0 Å². The number of rotatable bonds is 5. The van der Waals surface area contributed by atoms with Crippen LogP contribution in [0.25, 0.3) is 0 Å². The molecule has 0 aromatic heterocycles. The van der Waals surface area contributed by atoms with E-state index in [2.05, 4.69) is 0 Å². The zero-order valence-electron chi connectivity index (χ0n) is 12.1. The van der Waals surface area contributed by atoms with Gasteiger partial charge in [-0.2, -0.15) is 0 Å². The summed E-state index contributed by atoms with van der Waals surface area (Å²) in [6, 6.07) is 13.5. The second kappa shape index (κ2) is 6.44. The van der Waals surface area contributed by atoms with E-state index >= 15 is 0 Å². The van der Waals surface area contributed by atoms with Gasteiger partial charge in [0, 0.05) is 5.56 Å². The molecule has 20 heavy (non-hydrogen) atoms. The van der Waals surface area contributed by atoms with Gasteiger partial charge in [0.05, 0.1) is 13.2 Å². The Balaban J connectivity index is 2.11. The van der Waals surface area contributed by atoms with E-state index in [-0.39, 0.29) is 0 Å². The van der Waals surface area contributed by atoms with Crippen molar-refractivity contribution in [2.75, 3.05) is 7.11 Å². The van der Waals surface area contributed by atoms with E-state index in [0.717, 1.165) is 28.2 Å². The van der Waals surface area contributed by atoms with Crippen molar-refractivity contribution in [3.05, 3.63) is 59.2 Å². The molecule has 0 saturated heterocycles. The van der Waals surface area contributed by atoms with Crippen molar-refractivity contribution in [2.45, 2.75) is 26.6 Å². The molecule has 0 radical (unpaired) electrons. The maximum atomic E-state index is 9.56. The number of methoxy groups -OCH3 is 1. The number of benzene rings is 2. The highest BCUT2D eigenvalue weighted by Crippen LogP contribution is 2.25. The molecule has 3 heteroatoms. The molecule has 2 aromatic carbocycles. The van der Waals surface area contributed by atoms with E-state index in [9.17, 15) is 5.11 Å². The van der Waals surface area contributed by atoms with Gasteiger partial charge in [-0.3, -0.25) is 0 Å². The molecule has 0 aliphatic carbocycles. The first-order valence-electron chi connectivity index (χ1n) is 6.65. The molecule has 2 rings (SSSR count). The Kier molecular flexibility index (Phi) is 4.64. The highest BCUT2D eigenvalue weighted by atomic mass is 16.5. The smallest absolute Gasteiger partial charge is 0.125 e. The van der Waals surface area contributed by atoms with Gasteiger partial charge >= 0.3 is 0 Å². The molecule has 1 N–H and O–H groups in total. The summed E-state index contributed by atoms with van der Waals surface area (Å²) in [5.41, 5.74) is 2.92. The average molecular weight is 272 g/mol. The number of hydrogen-bond donors (Lipinski definition) is 1. The van der Waals surface area contributed by atoms with Crippen LogP contribution in [-0.4, -0.2) is 12.2 Å². The molecule has 0 amide bonds. The fourth-order valence-electron chi connectivity index (χ4n) is 2.07. The number of aliphatic hydroxyl groups excluding tert-OH is 1. The van der Waals surface area contributed by atoms with Gasteiger partial charge in [-0.15, -0.1) is 0 Å². The summed E-state index contributed by atoms with van der Waals surface area (Å²) in [6.45, 7) is 4.19. The fraction of sp³-hybridized carbons (Fsp3) is 0.294. The molecule has 1 unspecified atom stereocenters. The monoisotopic (exact) mass is 272 g/mol. The minimum atomic E-state index is -0.461. The zero-order chi connectivity index (χ0) is 14.5. The molecule has 0 saturated carbocycles. The lowest BCUT2D eigenvalue weighted by molar-refractivity contribution is 0.199. The maximum Gasteiger partial charge on any atom is 0.125 e. The molecule has 3 nitrogen and oxygen atoms in total. The van der Waals surface area contributed by atoms with E-state index in [0.29, 0.717) is 6.61 Å². The third-order valence-corrected chi connectivity index (χ3v) is 3.26. The van der Waals surface area contributed by atoms with Gasteiger partial charge in [-0.05, 0) is 43.2 Å². The molecule has 0 aliphatic heterocycles. The van der Waals surface area contributed by atoms with Gasteiger partial charge in [0.25, 0.3) is 0 Å². The van der Waals surface area contributed by atoms with E-state index < -0.39 is 6.10 Å². The number of hydrogen-bond acceptors (Lipinski definition) is 3. The number of aliphatic hydroxyl groups is 1. The zero-order valence-corrected chi connectivity index (χ0v) is 12.1. The van der Waals surface area contributed by atoms with Crippen LogP contribution in [-0.2, 0) is 6.61 Å². The molecule has 0 fully saturated rings. The predicted octanol–water partition coefficient (Wildman–Crippen LogP) is 3.64. The summed E-state index contributed by atoms with van der Waals surface area (Å²) in [7, 11) is 1.65. The quantitative estimate of drug-likeness (QED) is 0.903. The van der Waals surface area contributed by atoms with Crippen LogP contribution >= 0.6 is 0 Å². The summed E-state index contributed by atoms with van der Waals surface area (Å²) < 4.78 is 11.1. The highest BCUT2D eigenvalue weighted by Gasteiger charge is 2.07. The second-order valence-electron chi connectivity index (χ2n) is 4.80. The summed E-state index contributed by atoms with van der Waals surface area (Å²) in [4.78, 5) is 0. The van der Waals surface area contributed by atoms with Gasteiger partial charge in [-0.25, -0.2) is 0 Å². The van der Waals surface area contributed by atoms with Crippen LogP contribution in [0.4, 0.5) is 0 Å². The topological polar surface area (TPSA) is 38.7 Å². The van der Waals surface area contributed by atoms with Crippen molar-refractivity contribution in [3.63, 3.8) is 0 Å². The molecule has 0 heterocycles. The number of aryl methyl sites for hydroxylation is 1. The minimum absolute atomic E-state index is 0.457. The Bertz CT molecular complexity index is 576. The Labute approximate surface area is 119 Å². The molecule has 0 aliphatic rings. The molecule has 0 bridgehead atoms. The lowest BCUT2D eigenvalue weighted by Crippen LogP contribution is -2.00. The minimum Gasteiger partial charge on any atom is -0.496 e. The molecule has 1 atom stereocenters. The molecular weight excluding hydrogens is 252 g/mol. The van der Waals surface area contributed by atoms with E-state index in [1.807, 2.05) is 49.4 Å². The SMILES string of the molecule is COc1ccccc1COc1ccc(C(C)O)cc1C. The van der Waals surface area contributed by atoms with Crippen molar-refractivity contribution in [1.29, 1.82) is 0 Å². The normalized spacial score (nSPS) is 12.0. The lowest BCUT2D eigenvalue weighted by Gasteiger charge is -2.13. The van der Waals surface area contributed by atoms with Gasteiger partial charge < -0.3 is 14.6 Å². The highest BCUT2D eigenvalue weighted by molar-refractivity contribution is 5.38. The summed E-state index contributed by atoms with van der Waals surface area (Å²) in [5, 5.41) is 9.56. The summed E-state index contributed by atoms with van der Waals surface area (Å²) >= 11 is 0. The summed E-state index contributed by atoms with van der Waals surface area (Å²) in [5.74, 6) is 1.64. The van der Waals surface area contributed by atoms with Crippen LogP contribution in [0.15, 0.2) is 42.5 Å². The van der Waals surface area contributed by atoms with Gasteiger partial charge in [0.1, 0.15) is 18.1 Å². The maximum absolute atomic E-state index is 9.56. The predicted molar refractivity (Wildman–Crippen MR) is 79.1 cm³/mol. The van der Waals surface area contributed by atoms with Crippen LogP contribution in [0.1, 0.15) is 29.7 Å². The largest absolute Gasteiger partial charge is 0.496 e. The first kappa shape index (κ1) is 14.4. The van der Waals surface area contributed by atoms with Gasteiger partial charge in [0.2, 0.25) is 0 Å². The van der Waals surface area contributed by atoms with E-state index in [4.69, 9.17) is 9.47 Å². The Morgan fingerprint density at radius 1 is 1.10 bits per heavy atom. The Morgan fingerprint density at radius 2 is 1.85 bits per heavy atom. The number of ether oxygens (including phenoxy) is 2. The molecular formula is C17H20O3. The van der Waals surface area contributed by atoms with E-state index in [1.165, 1.54) is 0 Å². The Hall–Kier alpha value is -2.00. The van der Waals surface area contributed by atoms with Crippen LogP contribution in [0, 0.1) is 6.92 Å². The van der Waals surface area contributed by atoms with Crippen LogP contribution in [0.5, 0.6) is 11.5 Å². The fourth-order valence-corrected chi connectivity index (χ4v) is 2.07. The van der Waals surface area contributed by atoms with E-state index in [1.54, 1.807) is 14.0 Å². The first-order chi connectivity index (χ1) is 9.61. The standard InChI is InChI=1S/C17H20O3/c1-12-10-14(13(2)18)8-9-16(12)20-11-15-6-4-5-7-17(15)19-3/h4-10,13,18H,11H2,1-3H3. The van der Waals surface area contributed by atoms with Crippen molar-refractivity contribution in [3.8, 4) is 11.5 Å². The third kappa shape index (κ3) is 3.31. The van der Waals surface area contributed by atoms with Gasteiger partial charge in [-0.1, -0.05) is 24.3 Å². The average Bonchev–Trinajstić information content (AvgIpc) is 2.46. The van der Waals surface area contributed by atoms with Crippen molar-refractivity contribution in [2.24, 2.45) is 0 Å². The van der Waals surface area contributed by atoms with Crippen molar-refractivity contribution >= 4 is 0 Å². The summed E-state index contributed by atoms with van der Waals surface area (Å²) in [6.07, 6.45) is -0.461. The van der Waals surface area contributed by atoms with Crippen LogP contribution in [0.3, 0.4) is 0 Å².